The molecule has 0 atom stereocenters. The maximum absolute atomic E-state index is 14.7. The summed E-state index contributed by atoms with van der Waals surface area (Å²) in [5.41, 5.74) is 2.29. The minimum Gasteiger partial charge on any atom is -0.348 e. The number of nitrogens with one attached hydrogen (secondary N) is 2. The van der Waals surface area contributed by atoms with E-state index in [2.05, 4.69) is 15.3 Å². The summed E-state index contributed by atoms with van der Waals surface area (Å²) in [6.45, 7) is 5.50. The Balaban J connectivity index is 1.80. The Bertz CT molecular complexity index is 1390. The number of aromatic nitrogens is 3. The van der Waals surface area contributed by atoms with E-state index in [1.165, 1.54) is 28.8 Å². The van der Waals surface area contributed by atoms with Gasteiger partial charge in [0, 0.05) is 23.3 Å². The highest BCUT2D eigenvalue weighted by Crippen LogP contribution is 2.22. The van der Waals surface area contributed by atoms with Crippen molar-refractivity contribution in [2.75, 3.05) is 0 Å². The molecule has 4 rings (SSSR count). The second-order valence-electron chi connectivity index (χ2n) is 7.72. The molecule has 8 heteroatoms. The van der Waals surface area contributed by atoms with Crippen molar-refractivity contribution in [2.24, 2.45) is 0 Å². The minimum atomic E-state index is -0.702. The standard InChI is InChI=1S/C24H22F2N4O2/c1-13-14(2)29-20(28-13)12-30-15(3)21(18-8-5-9-19(26)22(18)24(30)32)23(31)27-11-16-6-4-7-17(25)10-16/h4-10H,11-12H2,1-3H3,(H,27,31)(H,28,29). The van der Waals surface area contributed by atoms with Gasteiger partial charge in [0.25, 0.3) is 11.5 Å². The summed E-state index contributed by atoms with van der Waals surface area (Å²) in [4.78, 5) is 33.8. The molecule has 0 unspecified atom stereocenters. The summed E-state index contributed by atoms with van der Waals surface area (Å²) < 4.78 is 29.5. The van der Waals surface area contributed by atoms with Crippen LogP contribution in [-0.4, -0.2) is 20.4 Å². The summed E-state index contributed by atoms with van der Waals surface area (Å²) in [6, 6.07) is 10.1. The Morgan fingerprint density at radius 3 is 2.56 bits per heavy atom. The fourth-order valence-corrected chi connectivity index (χ4v) is 3.81. The number of nitrogens with zero attached hydrogens (tertiary/aromatic N) is 2. The molecule has 2 N–H and O–H groups in total. The highest BCUT2D eigenvalue weighted by Gasteiger charge is 2.22. The summed E-state index contributed by atoms with van der Waals surface area (Å²) in [6.07, 6.45) is 0. The Hall–Kier alpha value is -3.81. The first kappa shape index (κ1) is 21.4. The zero-order valence-electron chi connectivity index (χ0n) is 17.9. The lowest BCUT2D eigenvalue weighted by molar-refractivity contribution is 0.0951. The number of rotatable bonds is 5. The molecule has 0 saturated heterocycles. The molecule has 2 aromatic carbocycles. The number of H-pyrrole nitrogens is 1. The second kappa shape index (κ2) is 8.37. The topological polar surface area (TPSA) is 79.8 Å². The fraction of sp³-hybridized carbons (Fsp3) is 0.208. The van der Waals surface area contributed by atoms with Crippen molar-refractivity contribution >= 4 is 16.7 Å². The largest absolute Gasteiger partial charge is 0.348 e. The first-order valence-electron chi connectivity index (χ1n) is 10.1. The van der Waals surface area contributed by atoms with Gasteiger partial charge in [0.2, 0.25) is 0 Å². The molecule has 2 aromatic heterocycles. The number of aromatic amines is 1. The number of hydrogen-bond acceptors (Lipinski definition) is 3. The lowest BCUT2D eigenvalue weighted by atomic mass is 10.0. The van der Waals surface area contributed by atoms with Gasteiger partial charge < -0.3 is 14.9 Å². The maximum Gasteiger partial charge on any atom is 0.262 e. The normalized spacial score (nSPS) is 11.2. The third-order valence-corrected chi connectivity index (χ3v) is 5.56. The number of benzene rings is 2. The van der Waals surface area contributed by atoms with Crippen molar-refractivity contribution in [1.82, 2.24) is 19.9 Å². The van der Waals surface area contributed by atoms with Crippen LogP contribution < -0.4 is 10.9 Å². The van der Waals surface area contributed by atoms with E-state index in [-0.39, 0.29) is 29.4 Å². The van der Waals surface area contributed by atoms with Crippen LogP contribution in [-0.2, 0) is 13.1 Å². The Kier molecular flexibility index (Phi) is 5.61. The van der Waals surface area contributed by atoms with Gasteiger partial charge in [-0.3, -0.25) is 9.59 Å². The van der Waals surface area contributed by atoms with Gasteiger partial charge in [-0.2, -0.15) is 0 Å². The van der Waals surface area contributed by atoms with Gasteiger partial charge in [0.05, 0.1) is 23.2 Å². The van der Waals surface area contributed by atoms with E-state index < -0.39 is 23.1 Å². The molecule has 6 nitrogen and oxygen atoms in total. The van der Waals surface area contributed by atoms with Crippen LogP contribution in [0.2, 0.25) is 0 Å². The molecule has 0 saturated carbocycles. The summed E-state index contributed by atoms with van der Waals surface area (Å²) >= 11 is 0. The molecule has 32 heavy (non-hydrogen) atoms. The number of carbonyl (C=O) groups excluding carboxylic acids is 1. The van der Waals surface area contributed by atoms with Crippen molar-refractivity contribution in [2.45, 2.75) is 33.9 Å². The van der Waals surface area contributed by atoms with Crippen LogP contribution in [0.3, 0.4) is 0 Å². The monoisotopic (exact) mass is 436 g/mol. The predicted octanol–water partition coefficient (Wildman–Crippen LogP) is 3.91. The average Bonchev–Trinajstić information content (AvgIpc) is 3.06. The van der Waals surface area contributed by atoms with Crippen molar-refractivity contribution in [3.05, 3.63) is 98.5 Å². The number of pyridine rings is 1. The van der Waals surface area contributed by atoms with E-state index >= 15 is 0 Å². The highest BCUT2D eigenvalue weighted by molar-refractivity contribution is 6.07. The lowest BCUT2D eigenvalue weighted by Gasteiger charge is -2.17. The molecule has 0 aliphatic heterocycles. The number of aryl methyl sites for hydroxylation is 2. The van der Waals surface area contributed by atoms with Gasteiger partial charge in [-0.05, 0) is 44.5 Å². The van der Waals surface area contributed by atoms with Crippen molar-refractivity contribution in [3.8, 4) is 0 Å². The average molecular weight is 436 g/mol. The van der Waals surface area contributed by atoms with E-state index in [0.29, 0.717) is 17.1 Å². The molecular weight excluding hydrogens is 414 g/mol. The van der Waals surface area contributed by atoms with Crippen LogP contribution in [0, 0.1) is 32.4 Å². The van der Waals surface area contributed by atoms with E-state index in [9.17, 15) is 18.4 Å². The van der Waals surface area contributed by atoms with E-state index in [1.54, 1.807) is 25.1 Å². The third-order valence-electron chi connectivity index (χ3n) is 5.56. The van der Waals surface area contributed by atoms with Crippen LogP contribution in [0.5, 0.6) is 0 Å². The molecule has 2 heterocycles. The van der Waals surface area contributed by atoms with Crippen molar-refractivity contribution in [3.63, 3.8) is 0 Å². The van der Waals surface area contributed by atoms with Gasteiger partial charge in [-0.15, -0.1) is 0 Å². The molecular formula is C24H22F2N4O2. The summed E-state index contributed by atoms with van der Waals surface area (Å²) in [5, 5.41) is 2.82. The molecule has 0 bridgehead atoms. The summed E-state index contributed by atoms with van der Waals surface area (Å²) in [5.74, 6) is -1.06. The van der Waals surface area contributed by atoms with Crippen LogP contribution in [0.15, 0.2) is 47.3 Å². The van der Waals surface area contributed by atoms with Crippen LogP contribution in [0.25, 0.3) is 10.8 Å². The van der Waals surface area contributed by atoms with Gasteiger partial charge in [-0.25, -0.2) is 13.8 Å². The van der Waals surface area contributed by atoms with Gasteiger partial charge in [-0.1, -0.05) is 24.3 Å². The summed E-state index contributed by atoms with van der Waals surface area (Å²) in [7, 11) is 0. The SMILES string of the molecule is Cc1nc(Cn2c(C)c(C(=O)NCc3cccc(F)c3)c3cccc(F)c3c2=O)[nH]c1C. The number of halogens is 2. The molecule has 0 spiro atoms. The van der Waals surface area contributed by atoms with E-state index in [0.717, 1.165) is 11.4 Å². The fourth-order valence-electron chi connectivity index (χ4n) is 3.81. The molecule has 0 aliphatic carbocycles. The zero-order valence-corrected chi connectivity index (χ0v) is 17.9. The maximum atomic E-state index is 14.7. The lowest BCUT2D eigenvalue weighted by Crippen LogP contribution is -2.31. The van der Waals surface area contributed by atoms with Crippen molar-refractivity contribution in [1.29, 1.82) is 0 Å². The quantitative estimate of drug-likeness (QED) is 0.498. The minimum absolute atomic E-state index is 0.0633. The molecule has 0 aliphatic rings. The molecule has 164 valence electrons. The van der Waals surface area contributed by atoms with Gasteiger partial charge in [0.1, 0.15) is 17.5 Å². The molecule has 0 fully saturated rings. The van der Waals surface area contributed by atoms with Crippen molar-refractivity contribution < 1.29 is 13.6 Å². The Morgan fingerprint density at radius 2 is 1.88 bits per heavy atom. The number of carbonyl (C=O) groups is 1. The predicted molar refractivity (Wildman–Crippen MR) is 118 cm³/mol. The Morgan fingerprint density at radius 1 is 1.12 bits per heavy atom. The first-order chi connectivity index (χ1) is 15.3. The smallest absolute Gasteiger partial charge is 0.262 e. The second-order valence-corrected chi connectivity index (χ2v) is 7.72. The van der Waals surface area contributed by atoms with Crippen LogP contribution in [0.1, 0.15) is 38.8 Å². The van der Waals surface area contributed by atoms with E-state index in [1.807, 2.05) is 13.8 Å². The third kappa shape index (κ3) is 3.91. The Labute approximate surface area is 182 Å². The molecule has 4 aromatic rings. The van der Waals surface area contributed by atoms with Gasteiger partial charge >= 0.3 is 0 Å². The van der Waals surface area contributed by atoms with Gasteiger partial charge in [0.15, 0.2) is 0 Å². The first-order valence-corrected chi connectivity index (χ1v) is 10.1. The van der Waals surface area contributed by atoms with Crippen LogP contribution >= 0.6 is 0 Å². The number of amides is 1. The number of imidazole rings is 1. The highest BCUT2D eigenvalue weighted by atomic mass is 19.1. The van der Waals surface area contributed by atoms with E-state index in [4.69, 9.17) is 0 Å². The van der Waals surface area contributed by atoms with Crippen LogP contribution in [0.4, 0.5) is 8.78 Å². The zero-order chi connectivity index (χ0) is 23.0. The number of fused-ring (bicyclic) bond motifs is 1. The number of hydrogen-bond donors (Lipinski definition) is 2. The molecule has 1 amide bonds. The molecule has 0 radical (unpaired) electrons.